The summed E-state index contributed by atoms with van der Waals surface area (Å²) >= 11 is 9.22. The number of rotatable bonds is 3. The molecule has 2 aromatic carbocycles. The fourth-order valence-electron chi connectivity index (χ4n) is 1.54. The summed E-state index contributed by atoms with van der Waals surface area (Å²) in [4.78, 5) is 0. The van der Waals surface area contributed by atoms with E-state index in [0.717, 1.165) is 11.1 Å². The molecule has 0 saturated heterocycles. The zero-order valence-electron chi connectivity index (χ0n) is 9.71. The monoisotopic (exact) mass is 328 g/mol. The molecule has 0 aromatic heterocycles. The van der Waals surface area contributed by atoms with Crippen LogP contribution in [-0.2, 0) is 6.61 Å². The number of halogens is 3. The Labute approximate surface area is 119 Å². The standard InChI is InChI=1S/C14H11BrClFO/c1-9-5-6-11(16)13(7-9)18-8-10-3-2-4-12(17)14(10)15/h2-7H,8H2,1H3. The van der Waals surface area contributed by atoms with E-state index >= 15 is 0 Å². The molecule has 0 saturated carbocycles. The largest absolute Gasteiger partial charge is 0.487 e. The van der Waals surface area contributed by atoms with Crippen molar-refractivity contribution in [2.75, 3.05) is 0 Å². The maximum Gasteiger partial charge on any atom is 0.138 e. The molecule has 1 nitrogen and oxygen atoms in total. The molecule has 0 unspecified atom stereocenters. The predicted octanol–water partition coefficient (Wildman–Crippen LogP) is 5.13. The van der Waals surface area contributed by atoms with E-state index in [2.05, 4.69) is 15.9 Å². The first-order chi connectivity index (χ1) is 8.58. The van der Waals surface area contributed by atoms with E-state index in [0.29, 0.717) is 15.2 Å². The summed E-state index contributed by atoms with van der Waals surface area (Å²) in [5.74, 6) is 0.305. The van der Waals surface area contributed by atoms with Gasteiger partial charge in [-0.15, -0.1) is 0 Å². The predicted molar refractivity (Wildman–Crippen MR) is 74.6 cm³/mol. The molecule has 0 N–H and O–H groups in total. The normalized spacial score (nSPS) is 10.4. The molecule has 2 rings (SSSR count). The summed E-state index contributed by atoms with van der Waals surface area (Å²) in [6.07, 6.45) is 0. The molecule has 0 amide bonds. The average Bonchev–Trinajstić information content (AvgIpc) is 2.35. The molecule has 0 spiro atoms. The van der Waals surface area contributed by atoms with Crippen molar-refractivity contribution in [1.82, 2.24) is 0 Å². The Morgan fingerprint density at radius 1 is 1.28 bits per heavy atom. The van der Waals surface area contributed by atoms with Crippen LogP contribution in [0.15, 0.2) is 40.9 Å². The summed E-state index contributed by atoms with van der Waals surface area (Å²) in [7, 11) is 0. The highest BCUT2D eigenvalue weighted by molar-refractivity contribution is 9.10. The van der Waals surface area contributed by atoms with Gasteiger partial charge in [0.15, 0.2) is 0 Å². The minimum absolute atomic E-state index is 0.265. The molecule has 0 fully saturated rings. The number of benzene rings is 2. The molecule has 0 heterocycles. The van der Waals surface area contributed by atoms with Crippen LogP contribution in [0, 0.1) is 12.7 Å². The molecule has 2 aromatic rings. The van der Waals surface area contributed by atoms with E-state index in [-0.39, 0.29) is 12.4 Å². The van der Waals surface area contributed by atoms with Gasteiger partial charge < -0.3 is 4.74 Å². The van der Waals surface area contributed by atoms with Gasteiger partial charge in [0.1, 0.15) is 18.2 Å². The van der Waals surface area contributed by atoms with Crippen molar-refractivity contribution in [2.24, 2.45) is 0 Å². The van der Waals surface area contributed by atoms with Crippen LogP contribution in [0.2, 0.25) is 5.02 Å². The summed E-state index contributed by atoms with van der Waals surface area (Å²) in [5.41, 5.74) is 1.81. The van der Waals surface area contributed by atoms with Gasteiger partial charge in [0.2, 0.25) is 0 Å². The number of ether oxygens (including phenoxy) is 1. The van der Waals surface area contributed by atoms with Gasteiger partial charge in [-0.05, 0) is 46.6 Å². The summed E-state index contributed by atoms with van der Waals surface area (Å²) in [5, 5.41) is 0.549. The van der Waals surface area contributed by atoms with Crippen molar-refractivity contribution in [3.8, 4) is 5.75 Å². The second-order valence-corrected chi connectivity index (χ2v) is 5.14. The SMILES string of the molecule is Cc1ccc(Cl)c(OCc2cccc(F)c2Br)c1. The smallest absolute Gasteiger partial charge is 0.138 e. The Hall–Kier alpha value is -1.06. The van der Waals surface area contributed by atoms with Crippen molar-refractivity contribution in [2.45, 2.75) is 13.5 Å². The second-order valence-electron chi connectivity index (χ2n) is 3.94. The molecule has 0 atom stereocenters. The topological polar surface area (TPSA) is 9.23 Å². The highest BCUT2D eigenvalue weighted by atomic mass is 79.9. The first-order valence-electron chi connectivity index (χ1n) is 5.40. The zero-order valence-corrected chi connectivity index (χ0v) is 12.1. The van der Waals surface area contributed by atoms with Gasteiger partial charge in [0, 0.05) is 5.56 Å². The summed E-state index contributed by atoms with van der Waals surface area (Å²) in [6, 6.07) is 10.4. The van der Waals surface area contributed by atoms with Crippen LogP contribution >= 0.6 is 27.5 Å². The lowest BCUT2D eigenvalue weighted by molar-refractivity contribution is 0.304. The van der Waals surface area contributed by atoms with Crippen LogP contribution in [-0.4, -0.2) is 0 Å². The van der Waals surface area contributed by atoms with Crippen LogP contribution in [0.5, 0.6) is 5.75 Å². The molecule has 94 valence electrons. The second kappa shape index (κ2) is 5.72. The summed E-state index contributed by atoms with van der Waals surface area (Å²) < 4.78 is 19.4. The minimum Gasteiger partial charge on any atom is -0.487 e. The number of hydrogen-bond acceptors (Lipinski definition) is 1. The maximum absolute atomic E-state index is 13.3. The Bertz CT molecular complexity index is 570. The fraction of sp³-hybridized carbons (Fsp3) is 0.143. The quantitative estimate of drug-likeness (QED) is 0.758. The van der Waals surface area contributed by atoms with E-state index < -0.39 is 0 Å². The van der Waals surface area contributed by atoms with Gasteiger partial charge >= 0.3 is 0 Å². The molecule has 4 heteroatoms. The highest BCUT2D eigenvalue weighted by Crippen LogP contribution is 2.27. The van der Waals surface area contributed by atoms with E-state index in [1.54, 1.807) is 18.2 Å². The van der Waals surface area contributed by atoms with Crippen molar-refractivity contribution in [3.05, 3.63) is 62.8 Å². The lowest BCUT2D eigenvalue weighted by Crippen LogP contribution is -1.98. The van der Waals surface area contributed by atoms with Crippen LogP contribution in [0.3, 0.4) is 0 Å². The van der Waals surface area contributed by atoms with Crippen LogP contribution in [0.1, 0.15) is 11.1 Å². The number of aryl methyl sites for hydroxylation is 1. The minimum atomic E-state index is -0.300. The van der Waals surface area contributed by atoms with Crippen molar-refractivity contribution < 1.29 is 9.13 Å². The van der Waals surface area contributed by atoms with Gasteiger partial charge in [-0.2, -0.15) is 0 Å². The van der Waals surface area contributed by atoms with Gasteiger partial charge in [-0.1, -0.05) is 29.8 Å². The van der Waals surface area contributed by atoms with Crippen LogP contribution in [0.4, 0.5) is 4.39 Å². The third-order valence-electron chi connectivity index (χ3n) is 2.50. The highest BCUT2D eigenvalue weighted by Gasteiger charge is 2.07. The zero-order chi connectivity index (χ0) is 13.1. The average molecular weight is 330 g/mol. The molecular weight excluding hydrogens is 319 g/mol. The van der Waals surface area contributed by atoms with Gasteiger partial charge in [-0.3, -0.25) is 0 Å². The Morgan fingerprint density at radius 3 is 2.83 bits per heavy atom. The van der Waals surface area contributed by atoms with Crippen LogP contribution in [0.25, 0.3) is 0 Å². The maximum atomic E-state index is 13.3. The van der Waals surface area contributed by atoms with Crippen molar-refractivity contribution in [3.63, 3.8) is 0 Å². The van der Waals surface area contributed by atoms with Crippen molar-refractivity contribution >= 4 is 27.5 Å². The fourth-order valence-corrected chi connectivity index (χ4v) is 2.09. The summed E-state index contributed by atoms with van der Waals surface area (Å²) in [6.45, 7) is 2.23. The lowest BCUT2D eigenvalue weighted by atomic mass is 10.2. The van der Waals surface area contributed by atoms with E-state index in [4.69, 9.17) is 16.3 Å². The first kappa shape index (κ1) is 13.4. The van der Waals surface area contributed by atoms with Crippen molar-refractivity contribution in [1.29, 1.82) is 0 Å². The Morgan fingerprint density at radius 2 is 2.06 bits per heavy atom. The third-order valence-corrected chi connectivity index (χ3v) is 3.70. The first-order valence-corrected chi connectivity index (χ1v) is 6.57. The lowest BCUT2D eigenvalue weighted by Gasteiger charge is -2.10. The van der Waals surface area contributed by atoms with E-state index in [9.17, 15) is 4.39 Å². The van der Waals surface area contributed by atoms with E-state index in [1.165, 1.54) is 6.07 Å². The Kier molecular flexibility index (Phi) is 4.25. The molecule has 0 aliphatic rings. The van der Waals surface area contributed by atoms with Crippen LogP contribution < -0.4 is 4.74 Å². The molecule has 0 radical (unpaired) electrons. The van der Waals surface area contributed by atoms with Gasteiger partial charge in [-0.25, -0.2) is 4.39 Å². The van der Waals surface area contributed by atoms with Gasteiger partial charge in [0.25, 0.3) is 0 Å². The number of hydrogen-bond donors (Lipinski definition) is 0. The molecule has 0 aliphatic carbocycles. The molecular formula is C14H11BrClFO. The molecule has 0 bridgehead atoms. The Balaban J connectivity index is 2.16. The van der Waals surface area contributed by atoms with Gasteiger partial charge in [0.05, 0.1) is 9.50 Å². The third kappa shape index (κ3) is 3.03. The van der Waals surface area contributed by atoms with E-state index in [1.807, 2.05) is 19.1 Å². The molecule has 18 heavy (non-hydrogen) atoms. The molecule has 0 aliphatic heterocycles.